The van der Waals surface area contributed by atoms with E-state index < -0.39 is 12.3 Å². The number of ether oxygens (including phenoxy) is 4. The number of hydrogen-bond acceptors (Lipinski definition) is 12. The molecule has 50 heavy (non-hydrogen) atoms. The maximum atomic E-state index is 12.6. The number of aliphatic hydroxyl groups is 4. The Bertz CT molecular complexity index is 1850. The summed E-state index contributed by atoms with van der Waals surface area (Å²) in [5.74, 6) is 1.49. The monoisotopic (exact) mass is 685 g/mol. The number of methoxy groups -OCH3 is 2. The molecule has 4 aromatic rings. The van der Waals surface area contributed by atoms with Crippen LogP contribution in [0.2, 0.25) is 0 Å². The maximum absolute atomic E-state index is 12.6. The molecule has 4 aromatic carbocycles. The number of aliphatic hydroxyl groups excluding tert-OH is 4. The van der Waals surface area contributed by atoms with E-state index in [1.165, 1.54) is 14.2 Å². The first-order valence-electron chi connectivity index (χ1n) is 16.0. The number of carbonyl (C=O) groups excluding carboxylic acids is 1. The zero-order chi connectivity index (χ0) is 35.2. The molecule has 0 fully saturated rings. The third-order valence-corrected chi connectivity index (χ3v) is 8.71. The highest BCUT2D eigenvalue weighted by molar-refractivity contribution is 6.02. The maximum Gasteiger partial charge on any atom is 0.255 e. The fourth-order valence-corrected chi connectivity index (χ4v) is 6.12. The summed E-state index contributed by atoms with van der Waals surface area (Å²) in [7, 11) is 3.04. The van der Waals surface area contributed by atoms with E-state index in [2.05, 4.69) is 15.8 Å². The lowest BCUT2D eigenvalue weighted by atomic mass is 9.93. The van der Waals surface area contributed by atoms with Crippen molar-refractivity contribution in [3.8, 4) is 23.0 Å². The van der Waals surface area contributed by atoms with Crippen molar-refractivity contribution in [3.05, 3.63) is 111 Å². The van der Waals surface area contributed by atoms with Gasteiger partial charge in [-0.25, -0.2) is 0 Å². The average molecular weight is 686 g/mol. The minimum absolute atomic E-state index is 0.131. The molecule has 2 heterocycles. The Labute approximate surface area is 288 Å². The number of hydrogen-bond donors (Lipinski definition) is 6. The van der Waals surface area contributed by atoms with Gasteiger partial charge in [0, 0.05) is 23.2 Å². The van der Waals surface area contributed by atoms with E-state index in [1.54, 1.807) is 42.5 Å². The van der Waals surface area contributed by atoms with Crippen LogP contribution in [0.25, 0.3) is 0 Å². The van der Waals surface area contributed by atoms with Gasteiger partial charge in [-0.1, -0.05) is 23.4 Å². The third-order valence-electron chi connectivity index (χ3n) is 8.71. The lowest BCUT2D eigenvalue weighted by molar-refractivity contribution is 0.0853. The van der Waals surface area contributed by atoms with Crippen molar-refractivity contribution in [1.29, 1.82) is 0 Å². The first-order chi connectivity index (χ1) is 24.4. The van der Waals surface area contributed by atoms with Crippen LogP contribution in [0.4, 0.5) is 5.69 Å². The van der Waals surface area contributed by atoms with Gasteiger partial charge in [0.2, 0.25) is 5.75 Å². The summed E-state index contributed by atoms with van der Waals surface area (Å²) in [6.45, 7) is -0.866. The number of rotatable bonds is 14. The van der Waals surface area contributed by atoms with Crippen molar-refractivity contribution >= 4 is 17.3 Å². The van der Waals surface area contributed by atoms with Crippen LogP contribution in [0.15, 0.2) is 71.9 Å². The molecule has 0 bridgehead atoms. The predicted octanol–water partition coefficient (Wildman–Crippen LogP) is 3.85. The smallest absolute Gasteiger partial charge is 0.255 e. The number of amides is 1. The van der Waals surface area contributed by atoms with Crippen molar-refractivity contribution in [1.82, 2.24) is 5.32 Å². The highest BCUT2D eigenvalue weighted by Crippen LogP contribution is 2.41. The van der Waals surface area contributed by atoms with E-state index in [0.717, 1.165) is 16.8 Å². The summed E-state index contributed by atoms with van der Waals surface area (Å²) in [5.41, 5.74) is 6.20. The van der Waals surface area contributed by atoms with E-state index in [9.17, 15) is 25.2 Å². The largest absolute Gasteiger partial charge is 0.493 e. The molecule has 13 nitrogen and oxygen atoms in total. The Morgan fingerprint density at radius 3 is 2.08 bits per heavy atom. The molecule has 0 aliphatic carbocycles. The highest BCUT2D eigenvalue weighted by Gasteiger charge is 2.28. The molecule has 262 valence electrons. The summed E-state index contributed by atoms with van der Waals surface area (Å²) < 4.78 is 23.3. The number of oxime groups is 1. The molecular weight excluding hydrogens is 646 g/mol. The van der Waals surface area contributed by atoms with Gasteiger partial charge in [-0.2, -0.15) is 0 Å². The molecule has 0 spiro atoms. The molecule has 1 amide bonds. The van der Waals surface area contributed by atoms with Gasteiger partial charge in [0.05, 0.1) is 51.9 Å². The number of carbonyl (C=O) groups is 1. The van der Waals surface area contributed by atoms with Crippen LogP contribution in [0.1, 0.15) is 68.0 Å². The molecule has 2 unspecified atom stereocenters. The Hall–Kier alpha value is -5.34. The zero-order valence-electron chi connectivity index (χ0n) is 27.6. The van der Waals surface area contributed by atoms with Crippen LogP contribution in [0.5, 0.6) is 23.0 Å². The fourth-order valence-electron chi connectivity index (χ4n) is 6.12. The SMILES string of the molecule is COc1cc(C2=NOC(c3cc(CO)c(CO)c(CO)c3)C2)cc(OC)c1OCCOc1ccc(C2NC(=O)c3ccccc3N2)cc1CO. The first kappa shape index (κ1) is 34.5. The van der Waals surface area contributed by atoms with Gasteiger partial charge >= 0.3 is 0 Å². The second kappa shape index (κ2) is 15.5. The average Bonchev–Trinajstić information content (AvgIpc) is 3.66. The van der Waals surface area contributed by atoms with Crippen molar-refractivity contribution < 1.29 is 49.0 Å². The Kier molecular flexibility index (Phi) is 10.7. The summed E-state index contributed by atoms with van der Waals surface area (Å²) in [6.07, 6.45) is -0.533. The van der Waals surface area contributed by atoms with Crippen molar-refractivity contribution in [2.75, 3.05) is 32.8 Å². The fraction of sp³-hybridized carbons (Fsp3) is 0.297. The van der Waals surface area contributed by atoms with Crippen LogP contribution in [-0.4, -0.2) is 59.5 Å². The number of nitrogens with one attached hydrogen (secondary N) is 2. The summed E-state index contributed by atoms with van der Waals surface area (Å²) in [5, 5.41) is 50.0. The second-order valence-corrected chi connectivity index (χ2v) is 11.7. The van der Waals surface area contributed by atoms with Crippen molar-refractivity contribution in [2.45, 2.75) is 45.1 Å². The molecule has 13 heteroatoms. The van der Waals surface area contributed by atoms with Gasteiger partial charge in [0.25, 0.3) is 5.91 Å². The minimum Gasteiger partial charge on any atom is -0.493 e. The standard InChI is InChI=1S/C37H39N3O10/c1-46-33-14-22(30-16-32(50-40-30)23-12-24(17-41)28(20-44)25(13-23)18-42)15-34(47-2)35(33)49-10-9-48-31-8-7-21(11-26(31)19-43)36-38-29-6-4-3-5-27(29)37(45)39-36/h3-8,11-15,32,36,38,41-44H,9-10,16-20H2,1-2H3,(H,39,45). The normalized spacial score (nSPS) is 16.4. The topological polar surface area (TPSA) is 181 Å². The first-order valence-corrected chi connectivity index (χ1v) is 16.0. The Morgan fingerprint density at radius 1 is 0.760 bits per heavy atom. The van der Waals surface area contributed by atoms with Crippen LogP contribution in [0.3, 0.4) is 0 Å². The number of nitrogens with zero attached hydrogens (tertiary/aromatic N) is 1. The Balaban J connectivity index is 1.10. The molecule has 6 rings (SSSR count). The molecule has 0 saturated carbocycles. The summed E-state index contributed by atoms with van der Waals surface area (Å²) >= 11 is 0. The second-order valence-electron chi connectivity index (χ2n) is 11.7. The quantitative estimate of drug-likeness (QED) is 0.106. The summed E-state index contributed by atoms with van der Waals surface area (Å²) in [6, 6.07) is 19.7. The number of anilines is 1. The third kappa shape index (κ3) is 7.03. The van der Waals surface area contributed by atoms with Crippen molar-refractivity contribution in [3.63, 3.8) is 0 Å². The minimum atomic E-state index is -0.467. The van der Waals surface area contributed by atoms with Gasteiger partial charge in [-0.3, -0.25) is 4.79 Å². The van der Waals surface area contributed by atoms with E-state index in [-0.39, 0.29) is 45.5 Å². The molecule has 2 atom stereocenters. The molecule has 6 N–H and O–H groups in total. The zero-order valence-corrected chi connectivity index (χ0v) is 27.6. The van der Waals surface area contributed by atoms with Crippen LogP contribution in [-0.2, 0) is 31.3 Å². The molecule has 0 saturated heterocycles. The van der Waals surface area contributed by atoms with Crippen LogP contribution >= 0.6 is 0 Å². The number of fused-ring (bicyclic) bond motifs is 1. The summed E-state index contributed by atoms with van der Waals surface area (Å²) in [4.78, 5) is 18.3. The van der Waals surface area contributed by atoms with Crippen molar-refractivity contribution in [2.24, 2.45) is 5.16 Å². The van der Waals surface area contributed by atoms with Gasteiger partial charge in [0.15, 0.2) is 17.6 Å². The van der Waals surface area contributed by atoms with Gasteiger partial charge in [0.1, 0.15) is 25.1 Å². The van der Waals surface area contributed by atoms with Gasteiger partial charge in [-0.15, -0.1) is 0 Å². The molecule has 2 aliphatic rings. The molecular formula is C37H39N3O10. The molecule has 0 aromatic heterocycles. The lowest BCUT2D eigenvalue weighted by Crippen LogP contribution is -2.38. The molecule has 2 aliphatic heterocycles. The van der Waals surface area contributed by atoms with Crippen LogP contribution < -0.4 is 29.6 Å². The predicted molar refractivity (Wildman–Crippen MR) is 182 cm³/mol. The molecule has 0 radical (unpaired) electrons. The van der Waals surface area contributed by atoms with Gasteiger partial charge in [-0.05, 0) is 76.3 Å². The van der Waals surface area contributed by atoms with E-state index in [1.807, 2.05) is 24.3 Å². The lowest BCUT2D eigenvalue weighted by Gasteiger charge is -2.28. The highest BCUT2D eigenvalue weighted by atomic mass is 16.6. The number of para-hydroxylation sites is 1. The van der Waals surface area contributed by atoms with Gasteiger partial charge < -0.3 is 54.8 Å². The number of benzene rings is 4. The van der Waals surface area contributed by atoms with Crippen LogP contribution in [0, 0.1) is 0 Å². The van der Waals surface area contributed by atoms with E-state index >= 15 is 0 Å². The van der Waals surface area contributed by atoms with E-state index in [4.69, 9.17) is 23.8 Å². The van der Waals surface area contributed by atoms with E-state index in [0.29, 0.717) is 68.5 Å². The Morgan fingerprint density at radius 2 is 1.42 bits per heavy atom.